The van der Waals surface area contributed by atoms with E-state index < -0.39 is 0 Å². The Bertz CT molecular complexity index is 229. The highest BCUT2D eigenvalue weighted by Crippen LogP contribution is 2.44. The van der Waals surface area contributed by atoms with E-state index in [1.807, 2.05) is 13.8 Å². The first-order valence-corrected chi connectivity index (χ1v) is 6.44. The molecule has 2 nitrogen and oxygen atoms in total. The van der Waals surface area contributed by atoms with Crippen LogP contribution >= 0.6 is 0 Å². The molecule has 2 bridgehead atoms. The van der Waals surface area contributed by atoms with E-state index in [0.717, 1.165) is 24.3 Å². The fraction of sp³-hybridized carbons (Fsp3) is 0.923. The summed E-state index contributed by atoms with van der Waals surface area (Å²) in [6, 6.07) is 0. The monoisotopic (exact) mass is 209 g/mol. The summed E-state index contributed by atoms with van der Waals surface area (Å²) in [5, 5.41) is 3.10. The van der Waals surface area contributed by atoms with Crippen molar-refractivity contribution >= 4 is 5.91 Å². The minimum absolute atomic E-state index is 0.130. The molecule has 86 valence electrons. The molecule has 1 unspecified atom stereocenters. The number of rotatable bonds is 3. The van der Waals surface area contributed by atoms with E-state index >= 15 is 0 Å². The number of nitrogens with one attached hydrogen (secondary N) is 1. The molecule has 0 spiro atoms. The smallest absolute Gasteiger partial charge is 0.222 e. The maximum atomic E-state index is 11.5. The lowest BCUT2D eigenvalue weighted by molar-refractivity contribution is -0.124. The number of carbonyl (C=O) groups excluding carboxylic acids is 1. The molecule has 1 atom stereocenters. The molecule has 1 amide bonds. The zero-order valence-corrected chi connectivity index (χ0v) is 9.96. The minimum Gasteiger partial charge on any atom is -0.356 e. The molecule has 3 rings (SSSR count). The van der Waals surface area contributed by atoms with Gasteiger partial charge in [-0.3, -0.25) is 4.79 Å². The summed E-state index contributed by atoms with van der Waals surface area (Å²) >= 11 is 0. The van der Waals surface area contributed by atoms with Crippen molar-refractivity contribution in [2.24, 2.45) is 23.7 Å². The van der Waals surface area contributed by atoms with Crippen molar-refractivity contribution in [2.45, 2.75) is 46.0 Å². The minimum atomic E-state index is 0.130. The predicted molar refractivity (Wildman–Crippen MR) is 61.4 cm³/mol. The molecule has 3 fully saturated rings. The van der Waals surface area contributed by atoms with Gasteiger partial charge < -0.3 is 5.32 Å². The van der Waals surface area contributed by atoms with Crippen LogP contribution in [-0.2, 0) is 4.79 Å². The van der Waals surface area contributed by atoms with Gasteiger partial charge in [0.05, 0.1) is 0 Å². The third-order valence-electron chi connectivity index (χ3n) is 4.26. The average molecular weight is 209 g/mol. The van der Waals surface area contributed by atoms with Crippen LogP contribution in [0, 0.1) is 23.7 Å². The highest BCUT2D eigenvalue weighted by atomic mass is 16.1. The highest BCUT2D eigenvalue weighted by molar-refractivity contribution is 5.77. The lowest BCUT2D eigenvalue weighted by Crippen LogP contribution is -2.40. The second-order valence-electron chi connectivity index (χ2n) is 5.68. The summed E-state index contributed by atoms with van der Waals surface area (Å²) in [7, 11) is 0. The second-order valence-corrected chi connectivity index (χ2v) is 5.68. The lowest BCUT2D eigenvalue weighted by Gasteiger charge is -2.42. The van der Waals surface area contributed by atoms with Crippen molar-refractivity contribution in [2.75, 3.05) is 6.54 Å². The second kappa shape index (κ2) is 4.54. The van der Waals surface area contributed by atoms with Crippen LogP contribution in [0.4, 0.5) is 0 Å². The van der Waals surface area contributed by atoms with Gasteiger partial charge in [-0.25, -0.2) is 0 Å². The number of amides is 1. The van der Waals surface area contributed by atoms with E-state index in [2.05, 4.69) is 5.32 Å². The Labute approximate surface area is 92.8 Å². The Morgan fingerprint density at radius 2 is 1.93 bits per heavy atom. The number of carbonyl (C=O) groups is 1. The maximum absolute atomic E-state index is 11.5. The Morgan fingerprint density at radius 3 is 2.40 bits per heavy atom. The molecule has 3 aliphatic rings. The normalized spacial score (nSPS) is 34.5. The van der Waals surface area contributed by atoms with Gasteiger partial charge in [-0.15, -0.1) is 0 Å². The maximum Gasteiger partial charge on any atom is 0.222 e. The predicted octanol–water partition coefficient (Wildman–Crippen LogP) is 2.58. The molecular formula is C13H23NO. The van der Waals surface area contributed by atoms with Crippen LogP contribution in [0.15, 0.2) is 0 Å². The molecule has 15 heavy (non-hydrogen) atoms. The summed E-state index contributed by atoms with van der Waals surface area (Å²) in [5.41, 5.74) is 0. The fourth-order valence-electron chi connectivity index (χ4n) is 3.20. The third kappa shape index (κ3) is 2.53. The van der Waals surface area contributed by atoms with Crippen LogP contribution in [0.5, 0.6) is 0 Å². The highest BCUT2D eigenvalue weighted by Gasteiger charge is 2.35. The fourth-order valence-corrected chi connectivity index (χ4v) is 3.20. The van der Waals surface area contributed by atoms with Crippen LogP contribution in [-0.4, -0.2) is 12.5 Å². The molecular weight excluding hydrogens is 186 g/mol. The molecule has 0 radical (unpaired) electrons. The summed E-state index contributed by atoms with van der Waals surface area (Å²) in [5.74, 6) is 3.00. The number of fused-ring (bicyclic) bond motifs is 3. The molecule has 0 heterocycles. The molecule has 3 saturated carbocycles. The number of hydrogen-bond acceptors (Lipinski definition) is 1. The van der Waals surface area contributed by atoms with E-state index in [1.54, 1.807) is 0 Å². The standard InChI is InChI=1S/C13H23NO/c1-9(2)13(15)14-8-12-7-10-3-5-11(12)6-4-10/h9-12H,3-8H2,1-2H3,(H,14,15). The number of hydrogen-bond donors (Lipinski definition) is 1. The van der Waals surface area contributed by atoms with Crippen molar-refractivity contribution in [1.29, 1.82) is 0 Å². The van der Waals surface area contributed by atoms with Crippen LogP contribution in [0.2, 0.25) is 0 Å². The van der Waals surface area contributed by atoms with Crippen LogP contribution in [0.3, 0.4) is 0 Å². The topological polar surface area (TPSA) is 29.1 Å². The Kier molecular flexibility index (Phi) is 3.32. The SMILES string of the molecule is CC(C)C(=O)NCC1CC2CCC1CC2. The van der Waals surface area contributed by atoms with Crippen molar-refractivity contribution < 1.29 is 4.79 Å². The quantitative estimate of drug-likeness (QED) is 0.760. The lowest BCUT2D eigenvalue weighted by atomic mass is 9.65. The van der Waals surface area contributed by atoms with Crippen molar-refractivity contribution in [1.82, 2.24) is 5.32 Å². The van der Waals surface area contributed by atoms with Gasteiger partial charge in [0.1, 0.15) is 0 Å². The molecule has 1 N–H and O–H groups in total. The Hall–Kier alpha value is -0.530. The van der Waals surface area contributed by atoms with Gasteiger partial charge in [-0.05, 0) is 37.0 Å². The van der Waals surface area contributed by atoms with Crippen molar-refractivity contribution in [3.63, 3.8) is 0 Å². The van der Waals surface area contributed by atoms with Crippen LogP contribution in [0.1, 0.15) is 46.0 Å². The van der Waals surface area contributed by atoms with Crippen LogP contribution in [0.25, 0.3) is 0 Å². The first-order valence-electron chi connectivity index (χ1n) is 6.44. The van der Waals surface area contributed by atoms with E-state index in [4.69, 9.17) is 0 Å². The summed E-state index contributed by atoms with van der Waals surface area (Å²) < 4.78 is 0. The van der Waals surface area contributed by atoms with E-state index in [1.165, 1.54) is 32.1 Å². The summed E-state index contributed by atoms with van der Waals surface area (Å²) in [4.78, 5) is 11.5. The van der Waals surface area contributed by atoms with E-state index in [0.29, 0.717) is 0 Å². The first kappa shape index (κ1) is 11.0. The van der Waals surface area contributed by atoms with Crippen molar-refractivity contribution in [3.05, 3.63) is 0 Å². The van der Waals surface area contributed by atoms with Gasteiger partial charge in [0.2, 0.25) is 5.91 Å². The van der Waals surface area contributed by atoms with Gasteiger partial charge in [0.25, 0.3) is 0 Å². The first-order chi connectivity index (χ1) is 7.16. The van der Waals surface area contributed by atoms with Gasteiger partial charge in [-0.1, -0.05) is 26.7 Å². The van der Waals surface area contributed by atoms with E-state index in [-0.39, 0.29) is 11.8 Å². The van der Waals surface area contributed by atoms with Gasteiger partial charge >= 0.3 is 0 Å². The molecule has 0 aromatic heterocycles. The Balaban J connectivity index is 1.78. The van der Waals surface area contributed by atoms with Gasteiger partial charge in [0, 0.05) is 12.5 Å². The zero-order chi connectivity index (χ0) is 10.8. The van der Waals surface area contributed by atoms with E-state index in [9.17, 15) is 4.79 Å². The van der Waals surface area contributed by atoms with Crippen LogP contribution < -0.4 is 5.32 Å². The molecule has 3 aliphatic carbocycles. The largest absolute Gasteiger partial charge is 0.356 e. The molecule has 2 heteroatoms. The van der Waals surface area contributed by atoms with Crippen molar-refractivity contribution in [3.8, 4) is 0 Å². The zero-order valence-electron chi connectivity index (χ0n) is 9.96. The summed E-state index contributed by atoms with van der Waals surface area (Å²) in [6.45, 7) is 4.85. The summed E-state index contributed by atoms with van der Waals surface area (Å²) in [6.07, 6.45) is 7.07. The van der Waals surface area contributed by atoms with Gasteiger partial charge in [0.15, 0.2) is 0 Å². The molecule has 0 saturated heterocycles. The Morgan fingerprint density at radius 1 is 1.27 bits per heavy atom. The molecule has 0 aromatic rings. The molecule has 0 aliphatic heterocycles. The average Bonchev–Trinajstić information content (AvgIpc) is 2.27. The van der Waals surface area contributed by atoms with Gasteiger partial charge in [-0.2, -0.15) is 0 Å². The molecule has 0 aromatic carbocycles. The third-order valence-corrected chi connectivity index (χ3v) is 4.26.